The SMILES string of the molecule is O=C(Nc1cc(CC2(C(=O)O)CC2)ccc1F)[C@H](c1ccc(Cl)cc1)[C@@H]1CCCC1(F)F. The molecule has 0 spiro atoms. The fraction of sp³-hybridized carbons (Fsp3) is 0.417. The number of rotatable bonds is 7. The Balaban J connectivity index is 1.61. The van der Waals surface area contributed by atoms with Crippen molar-refractivity contribution >= 4 is 29.2 Å². The van der Waals surface area contributed by atoms with Crippen molar-refractivity contribution in [2.24, 2.45) is 11.3 Å². The second-order valence-corrected chi connectivity index (χ2v) is 9.29. The molecule has 2 aromatic carbocycles. The molecule has 0 unspecified atom stereocenters. The number of nitrogens with one attached hydrogen (secondary N) is 1. The third kappa shape index (κ3) is 4.49. The summed E-state index contributed by atoms with van der Waals surface area (Å²) in [5.74, 6) is -7.75. The highest BCUT2D eigenvalue weighted by atomic mass is 35.5. The van der Waals surface area contributed by atoms with Crippen LogP contribution in [0.4, 0.5) is 18.9 Å². The Hall–Kier alpha value is -2.54. The van der Waals surface area contributed by atoms with Gasteiger partial charge in [0.1, 0.15) is 5.82 Å². The summed E-state index contributed by atoms with van der Waals surface area (Å²) < 4.78 is 43.7. The van der Waals surface area contributed by atoms with Crippen LogP contribution in [0, 0.1) is 17.2 Å². The summed E-state index contributed by atoms with van der Waals surface area (Å²) in [6, 6.07) is 10.2. The number of alkyl halides is 2. The zero-order chi connectivity index (χ0) is 23.1. The Bertz CT molecular complexity index is 1040. The molecular formula is C24H23ClF3NO3. The van der Waals surface area contributed by atoms with Crippen molar-refractivity contribution in [3.05, 3.63) is 64.4 Å². The van der Waals surface area contributed by atoms with E-state index in [2.05, 4.69) is 5.32 Å². The lowest BCUT2D eigenvalue weighted by atomic mass is 9.82. The topological polar surface area (TPSA) is 66.4 Å². The van der Waals surface area contributed by atoms with Crippen molar-refractivity contribution in [2.75, 3.05) is 5.32 Å². The van der Waals surface area contributed by atoms with E-state index in [9.17, 15) is 27.9 Å². The molecule has 32 heavy (non-hydrogen) atoms. The van der Waals surface area contributed by atoms with Gasteiger partial charge >= 0.3 is 5.97 Å². The number of halogens is 4. The van der Waals surface area contributed by atoms with Crippen LogP contribution in [0.25, 0.3) is 0 Å². The molecule has 2 N–H and O–H groups in total. The van der Waals surface area contributed by atoms with E-state index in [1.165, 1.54) is 36.4 Å². The average Bonchev–Trinajstić information content (AvgIpc) is 3.44. The van der Waals surface area contributed by atoms with E-state index >= 15 is 0 Å². The first kappa shape index (κ1) is 22.6. The van der Waals surface area contributed by atoms with Crippen LogP contribution in [-0.2, 0) is 16.0 Å². The highest BCUT2D eigenvalue weighted by Gasteiger charge is 2.51. The molecule has 4 rings (SSSR count). The summed E-state index contributed by atoms with van der Waals surface area (Å²) in [7, 11) is 0. The van der Waals surface area contributed by atoms with Crippen LogP contribution in [0.2, 0.25) is 5.02 Å². The van der Waals surface area contributed by atoms with Gasteiger partial charge in [0.25, 0.3) is 5.92 Å². The van der Waals surface area contributed by atoms with Crippen LogP contribution < -0.4 is 5.32 Å². The molecule has 2 atom stereocenters. The number of aliphatic carboxylic acids is 1. The second-order valence-electron chi connectivity index (χ2n) is 8.85. The van der Waals surface area contributed by atoms with Crippen LogP contribution in [0.3, 0.4) is 0 Å². The molecular weight excluding hydrogens is 443 g/mol. The molecule has 1 amide bonds. The molecule has 4 nitrogen and oxygen atoms in total. The predicted octanol–water partition coefficient (Wildman–Crippen LogP) is 6.04. The zero-order valence-electron chi connectivity index (χ0n) is 17.2. The predicted molar refractivity (Wildman–Crippen MR) is 115 cm³/mol. The number of amides is 1. The Kier molecular flexibility index (Phi) is 5.96. The number of anilines is 1. The van der Waals surface area contributed by atoms with Gasteiger partial charge in [-0.05, 0) is 67.5 Å². The third-order valence-electron chi connectivity index (χ3n) is 6.62. The van der Waals surface area contributed by atoms with E-state index in [1.807, 2.05) is 0 Å². The van der Waals surface area contributed by atoms with Gasteiger partial charge in [0.15, 0.2) is 0 Å². The van der Waals surface area contributed by atoms with Gasteiger partial charge in [-0.15, -0.1) is 0 Å². The van der Waals surface area contributed by atoms with Gasteiger partial charge in [-0.2, -0.15) is 0 Å². The van der Waals surface area contributed by atoms with Gasteiger partial charge < -0.3 is 10.4 Å². The number of hydrogen-bond donors (Lipinski definition) is 2. The van der Waals surface area contributed by atoms with Crippen LogP contribution in [0.1, 0.15) is 49.1 Å². The Morgan fingerprint density at radius 1 is 1.12 bits per heavy atom. The van der Waals surface area contributed by atoms with Gasteiger partial charge in [0, 0.05) is 17.4 Å². The molecule has 0 aromatic heterocycles. The van der Waals surface area contributed by atoms with Crippen LogP contribution in [0.15, 0.2) is 42.5 Å². The van der Waals surface area contributed by atoms with E-state index in [1.54, 1.807) is 0 Å². The standard InChI is InChI=1S/C24H23ClF3NO3/c25-16-6-4-15(5-7-16)20(17-2-1-9-24(17,27)28)21(30)29-19-12-14(3-8-18(19)26)13-23(10-11-23)22(31)32/h3-8,12,17,20H,1-2,9-11,13H2,(H,29,30)(H,31,32)/t17-,20+/m0/s1. The molecule has 2 aromatic rings. The van der Waals surface area contributed by atoms with E-state index < -0.39 is 40.9 Å². The van der Waals surface area contributed by atoms with E-state index in [0.717, 1.165) is 6.07 Å². The molecule has 0 bridgehead atoms. The summed E-state index contributed by atoms with van der Waals surface area (Å²) in [5, 5.41) is 12.3. The van der Waals surface area contributed by atoms with Gasteiger partial charge in [0.2, 0.25) is 5.91 Å². The van der Waals surface area contributed by atoms with Crippen molar-refractivity contribution in [1.82, 2.24) is 0 Å². The summed E-state index contributed by atoms with van der Waals surface area (Å²) >= 11 is 5.92. The van der Waals surface area contributed by atoms with Crippen molar-refractivity contribution in [3.8, 4) is 0 Å². The fourth-order valence-corrected chi connectivity index (χ4v) is 4.72. The second kappa shape index (κ2) is 8.43. The molecule has 2 aliphatic rings. The highest BCUT2D eigenvalue weighted by molar-refractivity contribution is 6.30. The van der Waals surface area contributed by atoms with Gasteiger partial charge in [-0.3, -0.25) is 9.59 Å². The summed E-state index contributed by atoms with van der Waals surface area (Å²) in [5.41, 5.74) is -0.0423. The molecule has 8 heteroatoms. The first-order chi connectivity index (χ1) is 15.1. The average molecular weight is 466 g/mol. The number of benzene rings is 2. The van der Waals surface area contributed by atoms with Crippen molar-refractivity contribution in [1.29, 1.82) is 0 Å². The minimum atomic E-state index is -3.01. The first-order valence-corrected chi connectivity index (χ1v) is 11.0. The number of hydrogen-bond acceptors (Lipinski definition) is 2. The van der Waals surface area contributed by atoms with Crippen molar-refractivity contribution in [2.45, 2.75) is 50.4 Å². The smallest absolute Gasteiger partial charge is 0.309 e. The summed E-state index contributed by atoms with van der Waals surface area (Å²) in [4.78, 5) is 24.7. The molecule has 0 saturated heterocycles. The number of carbonyl (C=O) groups is 2. The van der Waals surface area contributed by atoms with E-state index in [-0.39, 0.29) is 24.9 Å². The normalized spacial score (nSPS) is 21.7. The highest BCUT2D eigenvalue weighted by Crippen LogP contribution is 2.49. The lowest BCUT2D eigenvalue weighted by Crippen LogP contribution is -2.35. The molecule has 0 aliphatic heterocycles. The van der Waals surface area contributed by atoms with Crippen LogP contribution in [-0.4, -0.2) is 22.9 Å². The Morgan fingerprint density at radius 3 is 2.38 bits per heavy atom. The largest absolute Gasteiger partial charge is 0.481 e. The lowest BCUT2D eigenvalue weighted by molar-refractivity contribution is -0.143. The molecule has 2 saturated carbocycles. The maximum Gasteiger partial charge on any atom is 0.309 e. The van der Waals surface area contributed by atoms with Gasteiger partial charge in [-0.1, -0.05) is 29.8 Å². The fourth-order valence-electron chi connectivity index (χ4n) is 4.60. The van der Waals surface area contributed by atoms with E-state index in [0.29, 0.717) is 35.4 Å². The zero-order valence-corrected chi connectivity index (χ0v) is 18.0. The maximum absolute atomic E-state index is 14.6. The van der Waals surface area contributed by atoms with E-state index in [4.69, 9.17) is 11.6 Å². The summed E-state index contributed by atoms with van der Waals surface area (Å²) in [6.07, 6.45) is 1.48. The van der Waals surface area contributed by atoms with Gasteiger partial charge in [-0.25, -0.2) is 13.2 Å². The maximum atomic E-state index is 14.6. The van der Waals surface area contributed by atoms with Crippen molar-refractivity contribution in [3.63, 3.8) is 0 Å². The minimum Gasteiger partial charge on any atom is -0.481 e. The molecule has 0 heterocycles. The van der Waals surface area contributed by atoms with Crippen LogP contribution in [0.5, 0.6) is 0 Å². The Morgan fingerprint density at radius 2 is 1.81 bits per heavy atom. The quantitative estimate of drug-likeness (QED) is 0.523. The minimum absolute atomic E-state index is 0.144. The third-order valence-corrected chi connectivity index (χ3v) is 6.87. The lowest BCUT2D eigenvalue weighted by Gasteiger charge is -2.28. The number of carbonyl (C=O) groups excluding carboxylic acids is 1. The molecule has 2 aliphatic carbocycles. The molecule has 2 fully saturated rings. The summed E-state index contributed by atoms with van der Waals surface area (Å²) in [6.45, 7) is 0. The number of carboxylic acid groups (broad SMARTS) is 1. The number of carboxylic acids is 1. The molecule has 170 valence electrons. The first-order valence-electron chi connectivity index (χ1n) is 10.6. The van der Waals surface area contributed by atoms with Gasteiger partial charge in [0.05, 0.1) is 17.0 Å². The van der Waals surface area contributed by atoms with Crippen molar-refractivity contribution < 1.29 is 27.9 Å². The Labute approximate surface area is 188 Å². The van der Waals surface area contributed by atoms with Crippen LogP contribution >= 0.6 is 11.6 Å². The monoisotopic (exact) mass is 465 g/mol. The molecule has 0 radical (unpaired) electrons.